The normalized spacial score (nSPS) is 21.4. The number of imidazole rings is 1. The fourth-order valence-corrected chi connectivity index (χ4v) is 5.57. The second kappa shape index (κ2) is 10.6. The van der Waals surface area contributed by atoms with E-state index in [0.717, 1.165) is 60.2 Å². The Morgan fingerprint density at radius 1 is 0.886 bits per heavy atom. The molecule has 3 aromatic rings. The van der Waals surface area contributed by atoms with E-state index in [1.165, 1.54) is 32.1 Å². The molecule has 1 heterocycles. The number of hydrogen-bond donors (Lipinski definition) is 3. The molecule has 2 aliphatic carbocycles. The number of nitrogens with one attached hydrogen (secondary N) is 3. The lowest BCUT2D eigenvalue weighted by Gasteiger charge is -2.29. The predicted molar refractivity (Wildman–Crippen MR) is 140 cm³/mol. The SMILES string of the molecule is CC1CCCCC1NC(=O)c1ccc(-c2nc3ccc(NC(=O)C4CCCCCC4)cc3[nH]2)cc1. The fraction of sp³-hybridized carbons (Fsp3) is 0.483. The quantitative estimate of drug-likeness (QED) is 0.373. The molecule has 6 nitrogen and oxygen atoms in total. The van der Waals surface area contributed by atoms with Crippen LogP contribution in [0.4, 0.5) is 5.69 Å². The average molecular weight is 473 g/mol. The number of aromatic amines is 1. The topological polar surface area (TPSA) is 86.9 Å². The molecule has 2 unspecified atom stereocenters. The van der Waals surface area contributed by atoms with Gasteiger partial charge in [0.25, 0.3) is 5.91 Å². The van der Waals surface area contributed by atoms with Crippen molar-refractivity contribution in [2.24, 2.45) is 11.8 Å². The largest absolute Gasteiger partial charge is 0.349 e. The summed E-state index contributed by atoms with van der Waals surface area (Å²) in [6.45, 7) is 2.23. The maximum Gasteiger partial charge on any atom is 0.251 e. The molecule has 0 spiro atoms. The van der Waals surface area contributed by atoms with Gasteiger partial charge in [0.15, 0.2) is 0 Å². The number of hydrogen-bond acceptors (Lipinski definition) is 3. The number of benzene rings is 2. The molecule has 3 N–H and O–H groups in total. The van der Waals surface area contributed by atoms with Crippen molar-refractivity contribution in [2.75, 3.05) is 5.32 Å². The highest BCUT2D eigenvalue weighted by molar-refractivity contribution is 5.96. The van der Waals surface area contributed by atoms with Crippen molar-refractivity contribution in [1.82, 2.24) is 15.3 Å². The standard InChI is InChI=1S/C29H36N4O2/c1-19-8-6-7-11-24(19)33-29(35)22-14-12-20(13-15-22)27-31-25-17-16-23(18-26(25)32-27)30-28(34)21-9-4-2-3-5-10-21/h12-19,21,24H,2-11H2,1H3,(H,30,34)(H,31,32)(H,33,35). The number of aromatic nitrogens is 2. The number of rotatable bonds is 5. The second-order valence-electron chi connectivity index (χ2n) is 10.4. The minimum atomic E-state index is -0.00559. The van der Waals surface area contributed by atoms with Crippen molar-refractivity contribution in [3.63, 3.8) is 0 Å². The lowest BCUT2D eigenvalue weighted by Crippen LogP contribution is -2.41. The Bertz CT molecular complexity index is 1180. The van der Waals surface area contributed by atoms with E-state index < -0.39 is 0 Å². The number of amides is 2. The van der Waals surface area contributed by atoms with Gasteiger partial charge >= 0.3 is 0 Å². The highest BCUT2D eigenvalue weighted by Crippen LogP contribution is 2.27. The van der Waals surface area contributed by atoms with E-state index in [4.69, 9.17) is 4.98 Å². The molecule has 1 aromatic heterocycles. The van der Waals surface area contributed by atoms with Gasteiger partial charge in [-0.3, -0.25) is 9.59 Å². The van der Waals surface area contributed by atoms with E-state index in [9.17, 15) is 9.59 Å². The minimum Gasteiger partial charge on any atom is -0.349 e. The number of carbonyl (C=O) groups excluding carboxylic acids is 2. The highest BCUT2D eigenvalue weighted by atomic mass is 16.2. The van der Waals surface area contributed by atoms with Crippen LogP contribution in [0.1, 0.15) is 81.5 Å². The Morgan fingerprint density at radius 3 is 2.34 bits per heavy atom. The summed E-state index contributed by atoms with van der Waals surface area (Å²) in [7, 11) is 0. The van der Waals surface area contributed by atoms with Gasteiger partial charge < -0.3 is 15.6 Å². The third-order valence-electron chi connectivity index (χ3n) is 7.82. The fourth-order valence-electron chi connectivity index (χ4n) is 5.57. The Kier molecular flexibility index (Phi) is 7.16. The number of nitrogens with zero attached hydrogens (tertiary/aromatic N) is 1. The van der Waals surface area contributed by atoms with Crippen LogP contribution in [-0.4, -0.2) is 27.8 Å². The maximum atomic E-state index is 12.7. The van der Waals surface area contributed by atoms with E-state index >= 15 is 0 Å². The van der Waals surface area contributed by atoms with Gasteiger partial charge in [-0.2, -0.15) is 0 Å². The molecule has 35 heavy (non-hydrogen) atoms. The maximum absolute atomic E-state index is 12.7. The van der Waals surface area contributed by atoms with Crippen LogP contribution in [-0.2, 0) is 4.79 Å². The van der Waals surface area contributed by atoms with Crippen LogP contribution < -0.4 is 10.6 Å². The summed E-state index contributed by atoms with van der Waals surface area (Å²) in [5.74, 6) is 1.52. The van der Waals surface area contributed by atoms with Crippen molar-refractivity contribution in [2.45, 2.75) is 77.2 Å². The van der Waals surface area contributed by atoms with Crippen molar-refractivity contribution >= 4 is 28.5 Å². The lowest BCUT2D eigenvalue weighted by atomic mass is 9.86. The first-order chi connectivity index (χ1) is 17.1. The Morgan fingerprint density at radius 2 is 1.60 bits per heavy atom. The summed E-state index contributed by atoms with van der Waals surface area (Å²) < 4.78 is 0. The van der Waals surface area contributed by atoms with Crippen LogP contribution in [0.5, 0.6) is 0 Å². The average Bonchev–Trinajstić information content (AvgIpc) is 3.10. The summed E-state index contributed by atoms with van der Waals surface area (Å²) >= 11 is 0. The Balaban J connectivity index is 1.25. The van der Waals surface area contributed by atoms with Gasteiger partial charge in [-0.1, -0.05) is 57.6 Å². The van der Waals surface area contributed by atoms with Gasteiger partial charge in [0.05, 0.1) is 11.0 Å². The molecule has 0 bridgehead atoms. The monoisotopic (exact) mass is 472 g/mol. The summed E-state index contributed by atoms with van der Waals surface area (Å²) in [6.07, 6.45) is 11.4. The van der Waals surface area contributed by atoms with Crippen molar-refractivity contribution in [1.29, 1.82) is 0 Å². The first-order valence-corrected chi connectivity index (χ1v) is 13.3. The van der Waals surface area contributed by atoms with Crippen molar-refractivity contribution in [3.8, 4) is 11.4 Å². The molecule has 2 fully saturated rings. The van der Waals surface area contributed by atoms with E-state index in [1.807, 2.05) is 42.5 Å². The molecule has 2 aromatic carbocycles. The zero-order valence-electron chi connectivity index (χ0n) is 20.6. The molecular formula is C29H36N4O2. The molecule has 2 amide bonds. The van der Waals surface area contributed by atoms with Gasteiger partial charge in [-0.15, -0.1) is 0 Å². The summed E-state index contributed by atoms with van der Waals surface area (Å²) in [5, 5.41) is 6.32. The highest BCUT2D eigenvalue weighted by Gasteiger charge is 2.23. The zero-order valence-corrected chi connectivity index (χ0v) is 20.6. The summed E-state index contributed by atoms with van der Waals surface area (Å²) in [4.78, 5) is 33.6. The third-order valence-corrected chi connectivity index (χ3v) is 7.82. The van der Waals surface area contributed by atoms with Gasteiger partial charge in [-0.05, 0) is 61.9 Å². The molecule has 2 aliphatic rings. The lowest BCUT2D eigenvalue weighted by molar-refractivity contribution is -0.120. The van der Waals surface area contributed by atoms with Crippen molar-refractivity contribution < 1.29 is 9.59 Å². The van der Waals surface area contributed by atoms with E-state index in [-0.39, 0.29) is 23.8 Å². The van der Waals surface area contributed by atoms with Crippen LogP contribution >= 0.6 is 0 Å². The molecule has 0 saturated heterocycles. The molecule has 2 saturated carbocycles. The number of fused-ring (bicyclic) bond motifs is 1. The molecular weight excluding hydrogens is 436 g/mol. The first-order valence-electron chi connectivity index (χ1n) is 13.3. The zero-order chi connectivity index (χ0) is 24.2. The van der Waals surface area contributed by atoms with Gasteiger partial charge in [0.1, 0.15) is 5.82 Å². The number of carbonyl (C=O) groups is 2. The molecule has 184 valence electrons. The van der Waals surface area contributed by atoms with Gasteiger partial charge in [0.2, 0.25) is 5.91 Å². The van der Waals surface area contributed by atoms with Gasteiger partial charge in [0, 0.05) is 28.8 Å². The molecule has 6 heteroatoms. The van der Waals surface area contributed by atoms with Crippen LogP contribution in [0.2, 0.25) is 0 Å². The Hall–Kier alpha value is -3.15. The third kappa shape index (κ3) is 5.58. The molecule has 5 rings (SSSR count). The Labute approximate surface area is 207 Å². The summed E-state index contributed by atoms with van der Waals surface area (Å²) in [5.41, 5.74) is 4.12. The van der Waals surface area contributed by atoms with Crippen LogP contribution in [0.3, 0.4) is 0 Å². The van der Waals surface area contributed by atoms with E-state index in [2.05, 4.69) is 22.5 Å². The van der Waals surface area contributed by atoms with Crippen LogP contribution in [0.15, 0.2) is 42.5 Å². The summed E-state index contributed by atoms with van der Waals surface area (Å²) in [6, 6.07) is 13.7. The van der Waals surface area contributed by atoms with Crippen molar-refractivity contribution in [3.05, 3.63) is 48.0 Å². The minimum absolute atomic E-state index is 0.00559. The van der Waals surface area contributed by atoms with Gasteiger partial charge in [-0.25, -0.2) is 4.98 Å². The molecule has 2 atom stereocenters. The van der Waals surface area contributed by atoms with Crippen LogP contribution in [0.25, 0.3) is 22.4 Å². The van der Waals surface area contributed by atoms with E-state index in [1.54, 1.807) is 0 Å². The predicted octanol–water partition coefficient (Wildman–Crippen LogP) is 6.45. The number of H-pyrrole nitrogens is 1. The van der Waals surface area contributed by atoms with E-state index in [0.29, 0.717) is 11.5 Å². The molecule has 0 aliphatic heterocycles. The van der Waals surface area contributed by atoms with Crippen LogP contribution in [0, 0.1) is 11.8 Å². The number of anilines is 1. The smallest absolute Gasteiger partial charge is 0.251 e. The molecule has 0 radical (unpaired) electrons. The first kappa shape index (κ1) is 23.6. The second-order valence-corrected chi connectivity index (χ2v) is 10.4.